The molecule has 0 radical (unpaired) electrons. The summed E-state index contributed by atoms with van der Waals surface area (Å²) in [6.07, 6.45) is 1.61. The Morgan fingerprint density at radius 2 is 1.20 bits per heavy atom. The third-order valence-corrected chi connectivity index (χ3v) is 10.5. The molecule has 4 heterocycles. The van der Waals surface area contributed by atoms with E-state index in [1.54, 1.807) is 7.11 Å². The average Bonchev–Trinajstić information content (AvgIpc) is 3.14. The molecule has 274 valence electrons. The van der Waals surface area contributed by atoms with Gasteiger partial charge in [0.05, 0.1) is 19.3 Å². The molecule has 4 unspecified atom stereocenters. The van der Waals surface area contributed by atoms with Crippen molar-refractivity contribution >= 4 is 5.69 Å². The van der Waals surface area contributed by atoms with Crippen molar-refractivity contribution in [1.82, 2.24) is 0 Å². The molecular weight excluding hydrogens is 638 g/mol. The van der Waals surface area contributed by atoms with Crippen LogP contribution >= 0.6 is 0 Å². The van der Waals surface area contributed by atoms with Crippen molar-refractivity contribution in [2.75, 3.05) is 38.8 Å². The second kappa shape index (κ2) is 16.9. The lowest BCUT2D eigenvalue weighted by molar-refractivity contribution is 0.0713. The van der Waals surface area contributed by atoms with Crippen molar-refractivity contribution in [3.8, 4) is 23.0 Å². The van der Waals surface area contributed by atoms with Gasteiger partial charge in [0.15, 0.2) is 0 Å². The van der Waals surface area contributed by atoms with Gasteiger partial charge in [0.25, 0.3) is 0 Å². The second-order valence-electron chi connectivity index (χ2n) is 15.0. The number of benzene rings is 4. The Bertz CT molecular complexity index is 1630. The van der Waals surface area contributed by atoms with Crippen LogP contribution in [0.5, 0.6) is 23.0 Å². The number of fused-ring (bicyclic) bond motifs is 4. The van der Waals surface area contributed by atoms with Gasteiger partial charge in [0.1, 0.15) is 41.8 Å². The van der Waals surface area contributed by atoms with Gasteiger partial charge in [-0.15, -0.1) is 0 Å². The quantitative estimate of drug-likeness (QED) is 0.206. The van der Waals surface area contributed by atoms with Crippen molar-refractivity contribution in [2.45, 2.75) is 95.9 Å². The van der Waals surface area contributed by atoms with Crippen LogP contribution in [0.25, 0.3) is 0 Å². The molecule has 0 saturated heterocycles. The molecule has 4 aromatic rings. The van der Waals surface area contributed by atoms with Crippen LogP contribution in [0.3, 0.4) is 0 Å². The molecule has 7 heteroatoms. The summed E-state index contributed by atoms with van der Waals surface area (Å²) >= 11 is 0. The van der Waals surface area contributed by atoms with Crippen molar-refractivity contribution in [2.24, 2.45) is 0 Å². The largest absolute Gasteiger partial charge is 0.497 e. The molecule has 2 N–H and O–H groups in total. The van der Waals surface area contributed by atoms with E-state index in [0.29, 0.717) is 19.1 Å². The zero-order chi connectivity index (χ0) is 36.7. The lowest BCUT2D eigenvalue weighted by atomic mass is 9.86. The number of hydrogen-bond donors (Lipinski definition) is 2. The first-order valence-corrected chi connectivity index (χ1v) is 18.3. The standard InChI is InChI=1S/C13H18O2.C11H15N.2C10H12O2/c1-9-8-13(2,3)15-12-6-5-10(14-4)7-11(9)12;1-9-7-8-12(2)11-6-4-3-5-10(9)11;2*1-7-8-4-2-3-5-10(8)12-6-9(7)11/h5-7,9H,8H2,1-4H3;3-6,9H,7-8H2,1-2H3;2*2-5,7,9,11H,6H2,1H3/t;;2*7?,9-/m..10/s1. The second-order valence-corrected chi connectivity index (χ2v) is 15.0. The van der Waals surface area contributed by atoms with Gasteiger partial charge in [-0.25, -0.2) is 0 Å². The van der Waals surface area contributed by atoms with E-state index in [4.69, 9.17) is 18.9 Å². The lowest BCUT2D eigenvalue weighted by Gasteiger charge is -2.36. The van der Waals surface area contributed by atoms with Crippen LogP contribution in [-0.2, 0) is 0 Å². The molecule has 0 aliphatic carbocycles. The summed E-state index contributed by atoms with van der Waals surface area (Å²) < 4.78 is 21.9. The van der Waals surface area contributed by atoms with Gasteiger partial charge in [0.2, 0.25) is 0 Å². The maximum atomic E-state index is 9.50. The van der Waals surface area contributed by atoms with E-state index in [2.05, 4.69) is 70.0 Å². The molecule has 0 spiro atoms. The third kappa shape index (κ3) is 9.38. The van der Waals surface area contributed by atoms with E-state index in [9.17, 15) is 10.2 Å². The van der Waals surface area contributed by atoms with Crippen molar-refractivity contribution in [3.63, 3.8) is 0 Å². The Morgan fingerprint density at radius 1 is 0.667 bits per heavy atom. The minimum atomic E-state index is -0.361. The van der Waals surface area contributed by atoms with Gasteiger partial charge < -0.3 is 34.1 Å². The fraction of sp³-hybridized carbons (Fsp3) is 0.455. The fourth-order valence-corrected chi connectivity index (χ4v) is 7.26. The summed E-state index contributed by atoms with van der Waals surface area (Å²) in [5.41, 5.74) is 6.34. The number of para-hydroxylation sites is 3. The van der Waals surface area contributed by atoms with Crippen LogP contribution in [0.2, 0.25) is 0 Å². The average molecular weight is 696 g/mol. The van der Waals surface area contributed by atoms with Gasteiger partial charge in [-0.05, 0) is 91.6 Å². The van der Waals surface area contributed by atoms with Crippen molar-refractivity contribution in [3.05, 3.63) is 113 Å². The molecule has 4 aromatic carbocycles. The number of hydrogen-bond acceptors (Lipinski definition) is 7. The fourth-order valence-electron chi connectivity index (χ4n) is 7.26. The summed E-state index contributed by atoms with van der Waals surface area (Å²) in [6.45, 7) is 14.9. The van der Waals surface area contributed by atoms with Crippen LogP contribution in [0, 0.1) is 0 Å². The van der Waals surface area contributed by atoms with Gasteiger partial charge in [0, 0.05) is 36.7 Å². The predicted molar refractivity (Wildman–Crippen MR) is 206 cm³/mol. The highest BCUT2D eigenvalue weighted by molar-refractivity contribution is 5.56. The number of aliphatic hydroxyl groups excluding tert-OH is 2. The molecular formula is C44H57NO6. The van der Waals surface area contributed by atoms with Crippen LogP contribution in [0.4, 0.5) is 5.69 Å². The first-order valence-electron chi connectivity index (χ1n) is 18.3. The Hall–Kier alpha value is -4.20. The van der Waals surface area contributed by atoms with E-state index in [1.165, 1.54) is 29.8 Å². The highest BCUT2D eigenvalue weighted by atomic mass is 16.5. The SMILES string of the molecule is CC1CCN(C)c2ccccc21.CC1c2ccccc2OC[C@@H]1O.CC1c2ccccc2OC[C@H]1O.COc1ccc2c(c1)C(C)CC(C)(C)O2. The Kier molecular flexibility index (Phi) is 12.6. The highest BCUT2D eigenvalue weighted by Crippen LogP contribution is 2.42. The van der Waals surface area contributed by atoms with Crippen LogP contribution in [0.15, 0.2) is 91.0 Å². The van der Waals surface area contributed by atoms with Crippen molar-refractivity contribution in [1.29, 1.82) is 0 Å². The Balaban J connectivity index is 0.000000132. The highest BCUT2D eigenvalue weighted by Gasteiger charge is 2.31. The molecule has 4 aliphatic rings. The van der Waals surface area contributed by atoms with Crippen LogP contribution in [0.1, 0.15) is 100 Å². The minimum Gasteiger partial charge on any atom is -0.497 e. The zero-order valence-electron chi connectivity index (χ0n) is 31.6. The summed E-state index contributed by atoms with van der Waals surface area (Å²) in [4.78, 5) is 2.34. The van der Waals surface area contributed by atoms with Gasteiger partial charge in [-0.3, -0.25) is 0 Å². The van der Waals surface area contributed by atoms with Crippen LogP contribution in [-0.4, -0.2) is 61.9 Å². The Morgan fingerprint density at radius 3 is 1.75 bits per heavy atom. The minimum absolute atomic E-state index is 0.0546. The monoisotopic (exact) mass is 695 g/mol. The molecule has 7 nitrogen and oxygen atoms in total. The summed E-state index contributed by atoms with van der Waals surface area (Å²) in [7, 11) is 3.87. The molecule has 0 saturated carbocycles. The first-order chi connectivity index (χ1) is 24.4. The van der Waals surface area contributed by atoms with E-state index in [-0.39, 0.29) is 29.6 Å². The number of anilines is 1. The van der Waals surface area contributed by atoms with Gasteiger partial charge in [-0.2, -0.15) is 0 Å². The molecule has 0 aromatic heterocycles. The maximum Gasteiger partial charge on any atom is 0.123 e. The molecule has 0 amide bonds. The number of methoxy groups -OCH3 is 1. The lowest BCUT2D eigenvalue weighted by Crippen LogP contribution is -2.34. The first kappa shape index (κ1) is 38.0. The molecule has 51 heavy (non-hydrogen) atoms. The van der Waals surface area contributed by atoms with Crippen LogP contribution < -0.4 is 23.8 Å². The summed E-state index contributed by atoms with van der Waals surface area (Å²) in [6, 6.07) is 30.5. The predicted octanol–water partition coefficient (Wildman–Crippen LogP) is 9.08. The number of aliphatic hydroxyl groups is 2. The number of rotatable bonds is 1. The van der Waals surface area contributed by atoms with E-state index < -0.39 is 0 Å². The van der Waals surface area contributed by atoms with Gasteiger partial charge in [-0.1, -0.05) is 82.3 Å². The summed E-state index contributed by atoms with van der Waals surface area (Å²) in [5, 5.41) is 19.0. The zero-order valence-corrected chi connectivity index (χ0v) is 31.6. The Labute approximate surface area is 305 Å². The van der Waals surface area contributed by atoms with E-state index in [0.717, 1.165) is 46.5 Å². The smallest absolute Gasteiger partial charge is 0.123 e. The van der Waals surface area contributed by atoms with Crippen molar-refractivity contribution < 1.29 is 29.2 Å². The third-order valence-electron chi connectivity index (χ3n) is 10.5. The molecule has 0 fully saturated rings. The molecule has 8 rings (SSSR count). The molecule has 4 aliphatic heterocycles. The molecule has 6 atom stereocenters. The molecule has 0 bridgehead atoms. The summed E-state index contributed by atoms with van der Waals surface area (Å²) in [5.74, 6) is 5.37. The maximum absolute atomic E-state index is 9.50. The van der Waals surface area contributed by atoms with Gasteiger partial charge >= 0.3 is 0 Å². The topological polar surface area (TPSA) is 80.6 Å². The van der Waals surface area contributed by atoms with E-state index in [1.807, 2.05) is 74.5 Å². The normalized spacial score (nSPS) is 24.9. The van der Waals surface area contributed by atoms with E-state index >= 15 is 0 Å². The number of ether oxygens (including phenoxy) is 4. The number of nitrogens with zero attached hydrogens (tertiary/aromatic N) is 1.